The van der Waals surface area contributed by atoms with Gasteiger partial charge in [-0.15, -0.1) is 0 Å². The number of amides is 2. The second-order valence-electron chi connectivity index (χ2n) is 8.15. The monoisotopic (exact) mass is 508 g/mol. The average Bonchev–Trinajstić information content (AvgIpc) is 3.26. The Bertz CT molecular complexity index is 1510. The molecule has 2 amide bonds. The molecule has 0 bridgehead atoms. The maximum Gasteiger partial charge on any atom is 0.284 e. The zero-order valence-electron chi connectivity index (χ0n) is 19.6. The number of carbonyl (C=O) groups excluding carboxylic acids is 2. The Balaban J connectivity index is 1.70. The van der Waals surface area contributed by atoms with Crippen LogP contribution < -0.4 is 16.2 Å². The summed E-state index contributed by atoms with van der Waals surface area (Å²) in [6.07, 6.45) is 3.06. The third-order valence-corrected chi connectivity index (χ3v) is 5.64. The highest BCUT2D eigenvalue weighted by Gasteiger charge is 2.20. The molecule has 2 heterocycles. The lowest BCUT2D eigenvalue weighted by Gasteiger charge is -2.16. The topological polar surface area (TPSA) is 111 Å². The number of hydrogen-bond donors (Lipinski definition) is 2. The van der Waals surface area contributed by atoms with Gasteiger partial charge in [0.1, 0.15) is 17.1 Å². The van der Waals surface area contributed by atoms with Crippen molar-refractivity contribution in [3.8, 4) is 16.9 Å². The fourth-order valence-electron chi connectivity index (χ4n) is 3.56. The molecule has 4 rings (SSSR count). The fraction of sp³-hybridized carbons (Fsp3) is 0.160. The molecule has 4 aromatic rings. The molecule has 36 heavy (non-hydrogen) atoms. The van der Waals surface area contributed by atoms with E-state index in [1.807, 2.05) is 0 Å². The molecule has 1 atom stereocenters. The minimum Gasteiger partial charge on any atom is -0.345 e. The summed E-state index contributed by atoms with van der Waals surface area (Å²) in [7, 11) is 1.70. The van der Waals surface area contributed by atoms with E-state index in [1.165, 1.54) is 36.0 Å². The number of nitrogens with zero attached hydrogens (tertiary/aromatic N) is 4. The molecule has 0 aliphatic carbocycles. The number of aryl methyl sites for hydroxylation is 1. The van der Waals surface area contributed by atoms with E-state index < -0.39 is 29.2 Å². The third-order valence-electron chi connectivity index (χ3n) is 5.38. The van der Waals surface area contributed by atoms with Crippen LogP contribution in [0.5, 0.6) is 0 Å². The van der Waals surface area contributed by atoms with E-state index in [-0.39, 0.29) is 11.3 Å². The van der Waals surface area contributed by atoms with Crippen LogP contribution in [0.3, 0.4) is 0 Å². The highest BCUT2D eigenvalue weighted by atomic mass is 35.5. The van der Waals surface area contributed by atoms with E-state index in [2.05, 4.69) is 20.8 Å². The molecule has 0 aliphatic heterocycles. The van der Waals surface area contributed by atoms with E-state index in [4.69, 9.17) is 11.6 Å². The molecule has 2 aromatic heterocycles. The van der Waals surface area contributed by atoms with E-state index in [9.17, 15) is 18.8 Å². The highest BCUT2D eigenvalue weighted by molar-refractivity contribution is 6.30. The van der Waals surface area contributed by atoms with Gasteiger partial charge in [-0.25, -0.2) is 4.39 Å². The lowest BCUT2D eigenvalue weighted by atomic mass is 10.1. The molecule has 0 fully saturated rings. The molecule has 1 unspecified atom stereocenters. The lowest BCUT2D eigenvalue weighted by Crippen LogP contribution is -2.35. The van der Waals surface area contributed by atoms with Crippen molar-refractivity contribution < 1.29 is 14.0 Å². The first-order valence-electron chi connectivity index (χ1n) is 10.9. The van der Waals surface area contributed by atoms with E-state index in [0.29, 0.717) is 27.5 Å². The van der Waals surface area contributed by atoms with Crippen molar-refractivity contribution in [1.82, 2.24) is 24.9 Å². The Morgan fingerprint density at radius 2 is 1.83 bits per heavy atom. The summed E-state index contributed by atoms with van der Waals surface area (Å²) in [6, 6.07) is 11.8. The van der Waals surface area contributed by atoms with Crippen molar-refractivity contribution in [2.75, 3.05) is 5.32 Å². The molecule has 0 aliphatic rings. The quantitative estimate of drug-likeness (QED) is 0.410. The van der Waals surface area contributed by atoms with Gasteiger partial charge in [-0.05, 0) is 42.8 Å². The van der Waals surface area contributed by atoms with Crippen LogP contribution in [0.1, 0.15) is 35.8 Å². The molecular formula is C25H22ClFN6O3. The fourth-order valence-corrected chi connectivity index (χ4v) is 3.69. The highest BCUT2D eigenvalue weighted by Crippen LogP contribution is 2.22. The van der Waals surface area contributed by atoms with E-state index >= 15 is 0 Å². The summed E-state index contributed by atoms with van der Waals surface area (Å²) in [5.41, 5.74) is 1.10. The van der Waals surface area contributed by atoms with Crippen molar-refractivity contribution in [1.29, 1.82) is 0 Å². The molecule has 184 valence electrons. The summed E-state index contributed by atoms with van der Waals surface area (Å²) in [6.45, 7) is 2.94. The third kappa shape index (κ3) is 5.33. The van der Waals surface area contributed by atoms with Gasteiger partial charge in [0, 0.05) is 24.6 Å². The molecule has 0 radical (unpaired) electrons. The molecule has 9 nitrogen and oxygen atoms in total. The van der Waals surface area contributed by atoms with Gasteiger partial charge < -0.3 is 10.6 Å². The van der Waals surface area contributed by atoms with Crippen molar-refractivity contribution in [3.05, 3.63) is 93.2 Å². The zero-order chi connectivity index (χ0) is 26.0. The predicted molar refractivity (Wildman–Crippen MR) is 134 cm³/mol. The number of carbonyl (C=O) groups is 2. The zero-order valence-corrected chi connectivity index (χ0v) is 20.4. The van der Waals surface area contributed by atoms with Gasteiger partial charge in [-0.3, -0.25) is 19.1 Å². The van der Waals surface area contributed by atoms with Crippen molar-refractivity contribution in [3.63, 3.8) is 0 Å². The van der Waals surface area contributed by atoms with E-state index in [0.717, 1.165) is 4.68 Å². The minimum absolute atomic E-state index is 0.0332. The van der Waals surface area contributed by atoms with Gasteiger partial charge in [0.25, 0.3) is 11.5 Å². The van der Waals surface area contributed by atoms with Crippen molar-refractivity contribution >= 4 is 29.1 Å². The van der Waals surface area contributed by atoms with Crippen molar-refractivity contribution in [2.45, 2.75) is 19.9 Å². The van der Waals surface area contributed by atoms with Gasteiger partial charge in [-0.2, -0.15) is 14.9 Å². The van der Waals surface area contributed by atoms with Gasteiger partial charge in [0.2, 0.25) is 5.91 Å². The summed E-state index contributed by atoms with van der Waals surface area (Å²) in [5, 5.41) is 14.2. The second-order valence-corrected chi connectivity index (χ2v) is 8.59. The largest absolute Gasteiger partial charge is 0.345 e. The summed E-state index contributed by atoms with van der Waals surface area (Å²) in [5.74, 6) is -1.70. The van der Waals surface area contributed by atoms with Crippen LogP contribution in [0.4, 0.5) is 10.1 Å². The maximum atomic E-state index is 14.4. The van der Waals surface area contributed by atoms with Crippen LogP contribution in [-0.4, -0.2) is 31.4 Å². The molecule has 0 saturated carbocycles. The number of nitrogens with one attached hydrogen (secondary N) is 2. The van der Waals surface area contributed by atoms with Gasteiger partial charge in [-0.1, -0.05) is 29.8 Å². The van der Waals surface area contributed by atoms with Crippen LogP contribution in [0.15, 0.2) is 65.7 Å². The van der Waals surface area contributed by atoms with Crippen LogP contribution in [0, 0.1) is 5.82 Å². The molecule has 11 heteroatoms. The minimum atomic E-state index is -0.658. The molecule has 0 spiro atoms. The smallest absolute Gasteiger partial charge is 0.284 e. The number of anilines is 1. The Labute approximate surface area is 210 Å². The maximum absolute atomic E-state index is 14.4. The molecule has 2 N–H and O–H groups in total. The molecule has 0 saturated heterocycles. The second kappa shape index (κ2) is 10.1. The van der Waals surface area contributed by atoms with Crippen molar-refractivity contribution in [2.24, 2.45) is 7.05 Å². The van der Waals surface area contributed by atoms with Crippen LogP contribution in [0.25, 0.3) is 16.9 Å². The lowest BCUT2D eigenvalue weighted by molar-refractivity contribution is -0.114. The van der Waals surface area contributed by atoms with Crippen LogP contribution in [0.2, 0.25) is 5.02 Å². The van der Waals surface area contributed by atoms with Crippen LogP contribution in [-0.2, 0) is 11.8 Å². The summed E-state index contributed by atoms with van der Waals surface area (Å²) < 4.78 is 17.0. The first kappa shape index (κ1) is 24.8. The Kier molecular flexibility index (Phi) is 6.98. The van der Waals surface area contributed by atoms with Crippen LogP contribution >= 0.6 is 11.6 Å². The number of rotatable bonds is 6. The van der Waals surface area contributed by atoms with E-state index in [1.54, 1.807) is 50.5 Å². The standard InChI is InChI=1S/C25H22ClFN6O3/c1-14(17-6-9-22(21(27)10-17)30-15(2)34)29-24(35)20-11-23(16-4-7-18(26)8-5-16)31-33(25(20)36)19-12-28-32(3)13-19/h4-14H,1-3H3,(H,29,35)(H,30,34). The predicted octanol–water partition coefficient (Wildman–Crippen LogP) is 3.87. The molecule has 2 aromatic carbocycles. The first-order chi connectivity index (χ1) is 17.1. The average molecular weight is 509 g/mol. The number of benzene rings is 2. The summed E-state index contributed by atoms with van der Waals surface area (Å²) in [4.78, 5) is 37.7. The number of hydrogen-bond acceptors (Lipinski definition) is 5. The molecular weight excluding hydrogens is 487 g/mol. The normalized spacial score (nSPS) is 11.7. The number of aromatic nitrogens is 4. The Morgan fingerprint density at radius 1 is 1.11 bits per heavy atom. The Morgan fingerprint density at radius 3 is 2.44 bits per heavy atom. The van der Waals surface area contributed by atoms with Gasteiger partial charge in [0.05, 0.1) is 29.8 Å². The first-order valence-corrected chi connectivity index (χ1v) is 11.3. The van der Waals surface area contributed by atoms with Gasteiger partial charge >= 0.3 is 0 Å². The summed E-state index contributed by atoms with van der Waals surface area (Å²) >= 11 is 6.00. The SMILES string of the molecule is CC(=O)Nc1ccc(C(C)NC(=O)c2cc(-c3ccc(Cl)cc3)nn(-c3cnn(C)c3)c2=O)cc1F. The van der Waals surface area contributed by atoms with Gasteiger partial charge in [0.15, 0.2) is 0 Å². The Hall–Kier alpha value is -4.31. The number of halogens is 2.